The van der Waals surface area contributed by atoms with Crippen LogP contribution in [0.15, 0.2) is 54.0 Å². The van der Waals surface area contributed by atoms with E-state index < -0.39 is 0 Å². The van der Waals surface area contributed by atoms with Gasteiger partial charge in [-0.25, -0.2) is 0 Å². The molecule has 2 amide bonds. The van der Waals surface area contributed by atoms with Crippen molar-refractivity contribution in [2.75, 3.05) is 13.1 Å². The second kappa shape index (κ2) is 8.48. The molecule has 0 spiro atoms. The molecule has 3 heterocycles. The van der Waals surface area contributed by atoms with Crippen LogP contribution in [0.3, 0.4) is 0 Å². The van der Waals surface area contributed by atoms with Crippen LogP contribution < -0.4 is 5.32 Å². The molecule has 8 heteroatoms. The highest BCUT2D eigenvalue weighted by Gasteiger charge is 2.30. The first kappa shape index (κ1) is 19.2. The van der Waals surface area contributed by atoms with Crippen LogP contribution in [-0.2, 0) is 17.8 Å². The molecule has 0 fully saturated rings. The number of aromatic nitrogens is 2. The van der Waals surface area contributed by atoms with Crippen LogP contribution >= 0.6 is 11.3 Å². The Morgan fingerprint density at radius 2 is 2.14 bits per heavy atom. The summed E-state index contributed by atoms with van der Waals surface area (Å²) in [6.07, 6.45) is 2.76. The fourth-order valence-corrected chi connectivity index (χ4v) is 4.29. The minimum atomic E-state index is -0.225. The second-order valence-corrected chi connectivity index (χ2v) is 8.07. The average molecular weight is 410 g/mol. The molecule has 150 valence electrons. The number of nitrogens with zero attached hydrogens (tertiary/aromatic N) is 3. The van der Waals surface area contributed by atoms with Gasteiger partial charge in [0.25, 0.3) is 5.91 Å². The molecule has 1 aliphatic rings. The summed E-state index contributed by atoms with van der Waals surface area (Å²) in [4.78, 5) is 28.3. The van der Waals surface area contributed by atoms with Gasteiger partial charge in [0.1, 0.15) is 5.75 Å². The summed E-state index contributed by atoms with van der Waals surface area (Å²) in [7, 11) is 0. The lowest BCUT2D eigenvalue weighted by molar-refractivity contribution is -0.122. The first-order valence-electron chi connectivity index (χ1n) is 9.50. The first-order valence-corrected chi connectivity index (χ1v) is 10.4. The van der Waals surface area contributed by atoms with Crippen molar-refractivity contribution in [2.45, 2.75) is 25.4 Å². The largest absolute Gasteiger partial charge is 0.508 e. The van der Waals surface area contributed by atoms with E-state index in [4.69, 9.17) is 0 Å². The molecule has 0 unspecified atom stereocenters. The maximum atomic E-state index is 12.9. The molecular weight excluding hydrogens is 388 g/mol. The van der Waals surface area contributed by atoms with E-state index in [0.717, 1.165) is 12.1 Å². The third kappa shape index (κ3) is 4.48. The number of phenols is 1. The third-order valence-corrected chi connectivity index (χ3v) is 5.89. The number of nitrogens with one attached hydrogen (secondary N) is 1. The van der Waals surface area contributed by atoms with Crippen molar-refractivity contribution in [3.63, 3.8) is 0 Å². The number of aromatic hydroxyl groups is 1. The van der Waals surface area contributed by atoms with Crippen molar-refractivity contribution in [1.29, 1.82) is 0 Å². The summed E-state index contributed by atoms with van der Waals surface area (Å²) in [6, 6.07) is 12.0. The molecule has 1 aromatic carbocycles. The highest BCUT2D eigenvalue weighted by atomic mass is 32.1. The van der Waals surface area contributed by atoms with E-state index in [1.807, 2.05) is 22.2 Å². The Balaban J connectivity index is 1.41. The van der Waals surface area contributed by atoms with E-state index in [2.05, 4.69) is 16.5 Å². The highest BCUT2D eigenvalue weighted by molar-refractivity contribution is 7.09. The molecule has 0 aliphatic carbocycles. The van der Waals surface area contributed by atoms with Gasteiger partial charge in [-0.1, -0.05) is 12.1 Å². The molecule has 1 aliphatic heterocycles. The monoisotopic (exact) mass is 410 g/mol. The number of hydrogen-bond donors (Lipinski definition) is 2. The minimum absolute atomic E-state index is 0.0552. The van der Waals surface area contributed by atoms with Gasteiger partial charge in [-0.2, -0.15) is 5.10 Å². The van der Waals surface area contributed by atoms with E-state index in [0.29, 0.717) is 25.2 Å². The average Bonchev–Trinajstić information content (AvgIpc) is 3.39. The summed E-state index contributed by atoms with van der Waals surface area (Å²) in [5.74, 6) is -0.171. The van der Waals surface area contributed by atoms with Crippen LogP contribution in [0.5, 0.6) is 5.75 Å². The topological polar surface area (TPSA) is 87.5 Å². The molecule has 3 aromatic rings. The molecule has 0 saturated carbocycles. The minimum Gasteiger partial charge on any atom is -0.508 e. The molecule has 0 radical (unpaired) electrons. The van der Waals surface area contributed by atoms with Gasteiger partial charge in [-0.05, 0) is 42.1 Å². The number of carbonyl (C=O) groups is 2. The number of thiophene rings is 1. The van der Waals surface area contributed by atoms with Gasteiger partial charge in [0, 0.05) is 29.7 Å². The van der Waals surface area contributed by atoms with E-state index >= 15 is 0 Å². The summed E-state index contributed by atoms with van der Waals surface area (Å²) in [6.45, 7) is 1.40. The van der Waals surface area contributed by atoms with Gasteiger partial charge in [-0.15, -0.1) is 11.3 Å². The standard InChI is InChI=1S/C21H22N4O3S/c26-18-4-1-3-15(11-18)21(28)24-13-16-6-9-23-25(16)17(14-24)12-20(27)22-8-7-19-5-2-10-29-19/h1-6,9-11,17,26H,7-8,12-14H2,(H,22,27)/t17-/m1/s1. The molecule has 4 rings (SSSR count). The lowest BCUT2D eigenvalue weighted by Gasteiger charge is -2.33. The SMILES string of the molecule is O=C(C[C@@H]1CN(C(=O)c2cccc(O)c2)Cc2ccnn21)NCCc1cccs1. The molecule has 0 bridgehead atoms. The lowest BCUT2D eigenvalue weighted by Crippen LogP contribution is -2.43. The number of fused-ring (bicyclic) bond motifs is 1. The van der Waals surface area contributed by atoms with E-state index in [-0.39, 0.29) is 30.0 Å². The van der Waals surface area contributed by atoms with Crippen molar-refractivity contribution in [3.05, 3.63) is 70.2 Å². The molecule has 29 heavy (non-hydrogen) atoms. The molecule has 7 nitrogen and oxygen atoms in total. The Hall–Kier alpha value is -3.13. The number of hydrogen-bond acceptors (Lipinski definition) is 5. The Labute approximate surface area is 172 Å². The van der Waals surface area contributed by atoms with Crippen LogP contribution in [0.25, 0.3) is 0 Å². The van der Waals surface area contributed by atoms with Gasteiger partial charge in [-0.3, -0.25) is 14.3 Å². The zero-order valence-electron chi connectivity index (χ0n) is 15.8. The van der Waals surface area contributed by atoms with E-state index in [9.17, 15) is 14.7 Å². The van der Waals surface area contributed by atoms with Crippen molar-refractivity contribution in [2.24, 2.45) is 0 Å². The van der Waals surface area contributed by atoms with E-state index in [1.54, 1.807) is 34.6 Å². The Morgan fingerprint density at radius 1 is 1.24 bits per heavy atom. The van der Waals surface area contributed by atoms with Crippen LogP contribution in [-0.4, -0.2) is 44.7 Å². The van der Waals surface area contributed by atoms with E-state index in [1.165, 1.54) is 17.0 Å². The highest BCUT2D eigenvalue weighted by Crippen LogP contribution is 2.25. The van der Waals surface area contributed by atoms with Crippen molar-refractivity contribution >= 4 is 23.2 Å². The fraction of sp³-hybridized carbons (Fsp3) is 0.286. The van der Waals surface area contributed by atoms with Gasteiger partial charge in [0.2, 0.25) is 5.91 Å². The normalized spacial score (nSPS) is 15.7. The van der Waals surface area contributed by atoms with Crippen molar-refractivity contribution in [1.82, 2.24) is 20.0 Å². The Kier molecular flexibility index (Phi) is 5.62. The van der Waals surface area contributed by atoms with Crippen molar-refractivity contribution in [3.8, 4) is 5.75 Å². The summed E-state index contributed by atoms with van der Waals surface area (Å²) in [5.41, 5.74) is 1.32. The quantitative estimate of drug-likeness (QED) is 0.654. The molecule has 2 aromatic heterocycles. The molecule has 2 N–H and O–H groups in total. The number of phenolic OH excluding ortho intramolecular Hbond substituents is 1. The zero-order chi connectivity index (χ0) is 20.2. The number of rotatable bonds is 6. The maximum absolute atomic E-state index is 12.9. The summed E-state index contributed by atoms with van der Waals surface area (Å²) in [5, 5.41) is 19.0. The zero-order valence-corrected chi connectivity index (χ0v) is 16.6. The summed E-state index contributed by atoms with van der Waals surface area (Å²) >= 11 is 1.68. The Bertz CT molecular complexity index is 999. The van der Waals surface area contributed by atoms with Crippen LogP contribution in [0.2, 0.25) is 0 Å². The summed E-state index contributed by atoms with van der Waals surface area (Å²) < 4.78 is 1.84. The van der Waals surface area contributed by atoms with Crippen LogP contribution in [0, 0.1) is 0 Å². The van der Waals surface area contributed by atoms with Crippen LogP contribution in [0.1, 0.15) is 33.4 Å². The number of benzene rings is 1. The van der Waals surface area contributed by atoms with Gasteiger partial charge in [0.15, 0.2) is 0 Å². The second-order valence-electron chi connectivity index (χ2n) is 7.04. The molecule has 1 atom stereocenters. The predicted molar refractivity (Wildman–Crippen MR) is 110 cm³/mol. The fourth-order valence-electron chi connectivity index (χ4n) is 3.58. The predicted octanol–water partition coefficient (Wildman–Crippen LogP) is 2.60. The Morgan fingerprint density at radius 3 is 2.93 bits per heavy atom. The van der Waals surface area contributed by atoms with Crippen LogP contribution in [0.4, 0.5) is 0 Å². The van der Waals surface area contributed by atoms with Gasteiger partial charge in [0.05, 0.1) is 24.7 Å². The number of amides is 2. The lowest BCUT2D eigenvalue weighted by atomic mass is 10.1. The molecular formula is C21H22N4O3S. The van der Waals surface area contributed by atoms with Gasteiger partial charge >= 0.3 is 0 Å². The van der Waals surface area contributed by atoms with Gasteiger partial charge < -0.3 is 15.3 Å². The smallest absolute Gasteiger partial charge is 0.254 e. The number of carbonyl (C=O) groups excluding carboxylic acids is 2. The van der Waals surface area contributed by atoms with Crippen molar-refractivity contribution < 1.29 is 14.7 Å². The third-order valence-electron chi connectivity index (χ3n) is 4.96. The maximum Gasteiger partial charge on any atom is 0.254 e. The molecule has 0 saturated heterocycles. The first-order chi connectivity index (χ1) is 14.1.